The van der Waals surface area contributed by atoms with Crippen LogP contribution < -0.4 is 15.4 Å². The Balaban J connectivity index is 1.43. The van der Waals surface area contributed by atoms with E-state index in [0.29, 0.717) is 22.6 Å². The second kappa shape index (κ2) is 11.9. The highest BCUT2D eigenvalue weighted by Crippen LogP contribution is 2.45. The number of carboxylic acid groups (broad SMARTS) is 1. The van der Waals surface area contributed by atoms with E-state index in [9.17, 15) is 44.6 Å². The molecule has 0 bridgehead atoms. The fourth-order valence-electron chi connectivity index (χ4n) is 4.92. The van der Waals surface area contributed by atoms with Crippen molar-refractivity contribution in [3.63, 3.8) is 0 Å². The van der Waals surface area contributed by atoms with Crippen LogP contribution in [0.2, 0.25) is 0 Å². The Bertz CT molecular complexity index is 1250. The number of amides is 1. The van der Waals surface area contributed by atoms with Gasteiger partial charge >= 0.3 is 13.6 Å². The first-order valence-corrected chi connectivity index (χ1v) is 14.4. The first-order valence-electron chi connectivity index (χ1n) is 12.6. The van der Waals surface area contributed by atoms with Crippen LogP contribution in [-0.2, 0) is 18.7 Å². The van der Waals surface area contributed by atoms with E-state index in [1.54, 1.807) is 48.5 Å². The molecule has 0 aliphatic carbocycles. The topological polar surface area (TPSA) is 215 Å². The van der Waals surface area contributed by atoms with Gasteiger partial charge in [0.2, 0.25) is 5.91 Å². The molecule has 0 saturated carbocycles. The highest BCUT2D eigenvalue weighted by atomic mass is 31.2. The number of aliphatic hydroxyl groups is 4. The zero-order chi connectivity index (χ0) is 29.2. The Morgan fingerprint density at radius 2 is 1.62 bits per heavy atom. The Labute approximate surface area is 229 Å². The number of nitrogens with one attached hydrogen (secondary N) is 2. The minimum Gasteiger partial charge on any atom is -0.479 e. The average Bonchev–Trinajstić information content (AvgIpc) is 3.17. The van der Waals surface area contributed by atoms with E-state index < -0.39 is 80.7 Å². The van der Waals surface area contributed by atoms with Crippen LogP contribution in [0.1, 0.15) is 30.4 Å². The summed E-state index contributed by atoms with van der Waals surface area (Å²) in [6.07, 6.45) is -5.14. The first kappa shape index (κ1) is 30.1. The molecule has 2 aromatic carbocycles. The number of hydrogen-bond acceptors (Lipinski definition) is 10. The minimum absolute atomic E-state index is 0.252. The first-order chi connectivity index (χ1) is 18.8. The van der Waals surface area contributed by atoms with E-state index >= 15 is 0 Å². The second-order valence-electron chi connectivity index (χ2n) is 10.3. The van der Waals surface area contributed by atoms with Gasteiger partial charge in [0, 0.05) is 17.2 Å². The zero-order valence-corrected chi connectivity index (χ0v) is 22.5. The second-order valence-corrected chi connectivity index (χ2v) is 12.2. The fourth-order valence-corrected chi connectivity index (χ4v) is 6.17. The van der Waals surface area contributed by atoms with Crippen LogP contribution in [0.4, 0.5) is 0 Å². The lowest BCUT2D eigenvalue weighted by Crippen LogP contribution is -2.56. The third kappa shape index (κ3) is 6.37. The summed E-state index contributed by atoms with van der Waals surface area (Å²) in [5.41, 5.74) is -1.09. The summed E-state index contributed by atoms with van der Waals surface area (Å²) in [6.45, 7) is -0.219. The number of carbonyl (C=O) groups excluding carboxylic acids is 1. The fraction of sp³-hybridized carbons (Fsp3) is 0.462. The predicted molar refractivity (Wildman–Crippen MR) is 140 cm³/mol. The van der Waals surface area contributed by atoms with Crippen molar-refractivity contribution in [1.29, 1.82) is 0 Å². The molecule has 2 heterocycles. The molecule has 8 N–H and O–H groups in total. The van der Waals surface area contributed by atoms with E-state index in [2.05, 4.69) is 10.6 Å². The molecule has 1 fully saturated rings. The molecule has 2 unspecified atom stereocenters. The van der Waals surface area contributed by atoms with E-state index in [-0.39, 0.29) is 6.42 Å². The van der Waals surface area contributed by atoms with Gasteiger partial charge in [0.05, 0.1) is 49.6 Å². The summed E-state index contributed by atoms with van der Waals surface area (Å²) in [5, 5.41) is 54.7. The summed E-state index contributed by atoms with van der Waals surface area (Å²) in [4.78, 5) is 36.1. The smallest absolute Gasteiger partial charge is 0.331 e. The van der Waals surface area contributed by atoms with E-state index in [0.717, 1.165) is 6.92 Å². The van der Waals surface area contributed by atoms with Crippen molar-refractivity contribution in [3.8, 4) is 11.5 Å². The lowest BCUT2D eigenvalue weighted by atomic mass is 9.86. The maximum Gasteiger partial charge on any atom is 0.331 e. The molecular formula is C26H33N2O11P. The SMILES string of the molecule is CC(COP(=O)(O)C[C@H](O)C[C@H]1N[C@H](CO)[C@@H](O)[C@@H]1O)(NC(=O)C1c2ccccc2Oc2ccccc21)C(=O)O. The molecule has 7 atom stereocenters. The number of rotatable bonds is 11. The lowest BCUT2D eigenvalue weighted by molar-refractivity contribution is -0.148. The molecule has 2 aliphatic heterocycles. The summed E-state index contributed by atoms with van der Waals surface area (Å²) in [5.74, 6) is -2.27. The van der Waals surface area contributed by atoms with Gasteiger partial charge in [0.1, 0.15) is 11.5 Å². The van der Waals surface area contributed by atoms with Crippen molar-refractivity contribution in [2.24, 2.45) is 0 Å². The van der Waals surface area contributed by atoms with Crippen molar-refractivity contribution in [1.82, 2.24) is 10.6 Å². The zero-order valence-electron chi connectivity index (χ0n) is 21.6. The molecule has 0 aromatic heterocycles. The normalized spacial score (nSPS) is 25.9. The van der Waals surface area contributed by atoms with Crippen molar-refractivity contribution in [3.05, 3.63) is 59.7 Å². The van der Waals surface area contributed by atoms with Crippen molar-refractivity contribution in [2.45, 2.75) is 55.2 Å². The van der Waals surface area contributed by atoms with Crippen molar-refractivity contribution >= 4 is 19.5 Å². The molecule has 0 spiro atoms. The number of carbonyl (C=O) groups is 2. The van der Waals surface area contributed by atoms with Gasteiger partial charge in [-0.1, -0.05) is 36.4 Å². The van der Waals surface area contributed by atoms with Gasteiger partial charge in [-0.3, -0.25) is 9.36 Å². The van der Waals surface area contributed by atoms with Crippen LogP contribution >= 0.6 is 7.60 Å². The number of carboxylic acids is 1. The summed E-state index contributed by atoms with van der Waals surface area (Å²) in [7, 11) is -4.59. The molecule has 14 heteroatoms. The van der Waals surface area contributed by atoms with Gasteiger partial charge in [-0.05, 0) is 25.5 Å². The van der Waals surface area contributed by atoms with Crippen LogP contribution in [0, 0.1) is 0 Å². The van der Waals surface area contributed by atoms with Gasteiger partial charge < -0.3 is 50.3 Å². The quantitative estimate of drug-likeness (QED) is 0.164. The molecule has 13 nitrogen and oxygen atoms in total. The molecule has 1 saturated heterocycles. The highest BCUT2D eigenvalue weighted by Gasteiger charge is 2.44. The number of benzene rings is 2. The number of aliphatic carboxylic acids is 1. The molecule has 2 aliphatic rings. The van der Waals surface area contributed by atoms with E-state index in [4.69, 9.17) is 9.26 Å². The maximum absolute atomic E-state index is 13.5. The molecule has 4 rings (SSSR count). The van der Waals surface area contributed by atoms with Gasteiger partial charge in [-0.25, -0.2) is 4.79 Å². The van der Waals surface area contributed by atoms with Gasteiger partial charge in [0.15, 0.2) is 5.54 Å². The largest absolute Gasteiger partial charge is 0.479 e. The van der Waals surface area contributed by atoms with Gasteiger partial charge in [0.25, 0.3) is 0 Å². The van der Waals surface area contributed by atoms with Crippen LogP contribution in [0.15, 0.2) is 48.5 Å². The molecule has 218 valence electrons. The van der Waals surface area contributed by atoms with Crippen LogP contribution in [0.3, 0.4) is 0 Å². The molecular weight excluding hydrogens is 547 g/mol. The molecule has 2 aromatic rings. The summed E-state index contributed by atoms with van der Waals surface area (Å²) < 4.78 is 23.7. The van der Waals surface area contributed by atoms with Crippen LogP contribution in [-0.4, -0.2) is 97.6 Å². The number of para-hydroxylation sites is 2. The van der Waals surface area contributed by atoms with Gasteiger partial charge in [-0.15, -0.1) is 0 Å². The lowest BCUT2D eigenvalue weighted by Gasteiger charge is -2.32. The van der Waals surface area contributed by atoms with Crippen LogP contribution in [0.5, 0.6) is 11.5 Å². The van der Waals surface area contributed by atoms with Crippen molar-refractivity contribution in [2.75, 3.05) is 19.4 Å². The minimum atomic E-state index is -4.59. The van der Waals surface area contributed by atoms with E-state index in [1.165, 1.54) is 0 Å². The number of aliphatic hydroxyl groups excluding tert-OH is 4. The maximum atomic E-state index is 13.5. The van der Waals surface area contributed by atoms with Gasteiger partial charge in [-0.2, -0.15) is 0 Å². The number of ether oxygens (including phenoxy) is 1. The monoisotopic (exact) mass is 580 g/mol. The molecule has 40 heavy (non-hydrogen) atoms. The Morgan fingerprint density at radius 3 is 2.15 bits per heavy atom. The summed E-state index contributed by atoms with van der Waals surface area (Å²) in [6, 6.07) is 12.0. The highest BCUT2D eigenvalue weighted by molar-refractivity contribution is 7.52. The molecule has 1 amide bonds. The van der Waals surface area contributed by atoms with E-state index in [1.807, 2.05) is 0 Å². The Hall–Kier alpha value is -2.87. The standard InChI is InChI=1S/C26H33N2O11P/c1-26(25(34)35,13-38-40(36,37)12-14(30)10-17-22(31)23(32)18(11-29)27-17)28-24(33)21-15-6-2-4-8-19(15)39-20-9-5-3-7-16(20)21/h2-9,14,17-18,21-23,27,29-32H,10-13H2,1H3,(H,28,33)(H,34,35)(H,36,37)/t14-,17-,18-,22-,23-,26?/m1/s1. The third-order valence-electron chi connectivity index (χ3n) is 7.13. The van der Waals surface area contributed by atoms with Crippen molar-refractivity contribution < 1.29 is 53.8 Å². The Morgan fingerprint density at radius 1 is 1.07 bits per heavy atom. The van der Waals surface area contributed by atoms with Crippen LogP contribution in [0.25, 0.3) is 0 Å². The predicted octanol–water partition coefficient (Wildman–Crippen LogP) is -0.109. The average molecular weight is 581 g/mol. The number of hydrogen-bond donors (Lipinski definition) is 8. The number of fused-ring (bicyclic) bond motifs is 2. The third-order valence-corrected chi connectivity index (χ3v) is 8.55. The summed E-state index contributed by atoms with van der Waals surface area (Å²) >= 11 is 0. The molecule has 0 radical (unpaired) electrons. The Kier molecular flexibility index (Phi) is 8.98.